The number of phenolic OH excluding ortho intramolecular Hbond substituents is 1. The number of hydrogen-bond acceptors (Lipinski definition) is 3. The lowest BCUT2D eigenvalue weighted by Crippen LogP contribution is -2.37. The second-order valence-electron chi connectivity index (χ2n) is 4.20. The first-order valence-corrected chi connectivity index (χ1v) is 6.01. The van der Waals surface area contributed by atoms with Gasteiger partial charge in [-0.1, -0.05) is 18.2 Å². The Morgan fingerprint density at radius 1 is 1.00 bits per heavy atom. The molecule has 0 atom stereocenters. The number of aromatic hydroxyl groups is 1. The highest BCUT2D eigenvalue weighted by Crippen LogP contribution is 2.17. The van der Waals surface area contributed by atoms with E-state index >= 15 is 0 Å². The van der Waals surface area contributed by atoms with Crippen LogP contribution >= 0.6 is 0 Å². The number of nitrogens with one attached hydrogen (secondary N) is 1. The van der Waals surface area contributed by atoms with Crippen LogP contribution in [0.15, 0.2) is 54.6 Å². The van der Waals surface area contributed by atoms with E-state index in [2.05, 4.69) is 5.32 Å². The van der Waals surface area contributed by atoms with E-state index in [1.54, 1.807) is 36.4 Å². The minimum absolute atomic E-state index is 0.100. The number of anilines is 2. The molecule has 2 aromatic rings. The zero-order valence-corrected chi connectivity index (χ0v) is 10.9. The Morgan fingerprint density at radius 3 is 2.20 bits per heavy atom. The van der Waals surface area contributed by atoms with Crippen molar-refractivity contribution in [3.05, 3.63) is 54.6 Å². The molecule has 0 unspecified atom stereocenters. The number of hydrogen-bond donors (Lipinski definition) is 2. The maximum atomic E-state index is 12.0. The molecule has 0 aromatic heterocycles. The molecule has 0 aliphatic carbocycles. The Morgan fingerprint density at radius 2 is 1.60 bits per heavy atom. The fourth-order valence-corrected chi connectivity index (χ4v) is 1.65. The smallest absolute Gasteiger partial charge is 0.316 e. The number of para-hydroxylation sites is 1. The molecule has 2 amide bonds. The normalized spacial score (nSPS) is 9.85. The van der Waals surface area contributed by atoms with Gasteiger partial charge in [-0.05, 0) is 36.4 Å². The van der Waals surface area contributed by atoms with E-state index in [9.17, 15) is 14.7 Å². The average molecular weight is 270 g/mol. The third-order valence-corrected chi connectivity index (χ3v) is 2.77. The van der Waals surface area contributed by atoms with Crippen molar-refractivity contribution in [2.45, 2.75) is 0 Å². The van der Waals surface area contributed by atoms with E-state index in [1.807, 2.05) is 6.07 Å². The van der Waals surface area contributed by atoms with Crippen molar-refractivity contribution < 1.29 is 14.7 Å². The first-order valence-electron chi connectivity index (χ1n) is 6.01. The van der Waals surface area contributed by atoms with E-state index in [4.69, 9.17) is 0 Å². The predicted molar refractivity (Wildman–Crippen MR) is 76.6 cm³/mol. The fraction of sp³-hybridized carbons (Fsp3) is 0.0667. The summed E-state index contributed by atoms with van der Waals surface area (Å²) in [7, 11) is 1.50. The Hall–Kier alpha value is -2.82. The molecular weight excluding hydrogens is 256 g/mol. The minimum Gasteiger partial charge on any atom is -0.508 e. The third-order valence-electron chi connectivity index (χ3n) is 2.77. The predicted octanol–water partition coefficient (Wildman–Crippen LogP) is 1.99. The van der Waals surface area contributed by atoms with Crippen molar-refractivity contribution in [3.63, 3.8) is 0 Å². The van der Waals surface area contributed by atoms with Crippen LogP contribution in [0, 0.1) is 0 Å². The molecule has 0 aliphatic heterocycles. The fourth-order valence-electron chi connectivity index (χ4n) is 1.65. The second kappa shape index (κ2) is 5.88. The topological polar surface area (TPSA) is 69.6 Å². The van der Waals surface area contributed by atoms with Crippen molar-refractivity contribution in [1.82, 2.24) is 0 Å². The number of carbonyl (C=O) groups is 2. The molecular formula is C15H14N2O3. The number of amides is 2. The lowest BCUT2D eigenvalue weighted by molar-refractivity contribution is -0.134. The molecule has 0 saturated carbocycles. The van der Waals surface area contributed by atoms with Crippen LogP contribution in [0.25, 0.3) is 0 Å². The van der Waals surface area contributed by atoms with Crippen LogP contribution in [0.1, 0.15) is 0 Å². The summed E-state index contributed by atoms with van der Waals surface area (Å²) in [5, 5.41) is 11.7. The van der Waals surface area contributed by atoms with Crippen LogP contribution in [0.5, 0.6) is 5.75 Å². The second-order valence-corrected chi connectivity index (χ2v) is 4.20. The SMILES string of the molecule is CN(C(=O)C(=O)Nc1ccccc1)c1ccc(O)cc1. The molecule has 5 nitrogen and oxygen atoms in total. The molecule has 0 saturated heterocycles. The highest BCUT2D eigenvalue weighted by molar-refractivity contribution is 6.44. The summed E-state index contributed by atoms with van der Waals surface area (Å²) in [4.78, 5) is 25.0. The number of benzene rings is 2. The maximum absolute atomic E-state index is 12.0. The molecule has 2 N–H and O–H groups in total. The maximum Gasteiger partial charge on any atom is 0.316 e. The van der Waals surface area contributed by atoms with Crippen molar-refractivity contribution in [1.29, 1.82) is 0 Å². The number of phenols is 1. The van der Waals surface area contributed by atoms with E-state index < -0.39 is 11.8 Å². The summed E-state index contributed by atoms with van der Waals surface area (Å²) in [6.07, 6.45) is 0. The Labute approximate surface area is 116 Å². The minimum atomic E-state index is -0.716. The average Bonchev–Trinajstić information content (AvgIpc) is 2.47. The third kappa shape index (κ3) is 3.14. The molecule has 5 heteroatoms. The molecule has 102 valence electrons. The van der Waals surface area contributed by atoms with Crippen molar-refractivity contribution >= 4 is 23.2 Å². The van der Waals surface area contributed by atoms with Gasteiger partial charge in [-0.2, -0.15) is 0 Å². The van der Waals surface area contributed by atoms with Gasteiger partial charge >= 0.3 is 11.8 Å². The first kappa shape index (κ1) is 13.6. The van der Waals surface area contributed by atoms with Crippen LogP contribution in [-0.4, -0.2) is 24.0 Å². The van der Waals surface area contributed by atoms with Crippen molar-refractivity contribution in [2.75, 3.05) is 17.3 Å². The van der Waals surface area contributed by atoms with Gasteiger partial charge in [-0.3, -0.25) is 9.59 Å². The number of carbonyl (C=O) groups excluding carboxylic acids is 2. The van der Waals surface area contributed by atoms with Crippen LogP contribution in [-0.2, 0) is 9.59 Å². The van der Waals surface area contributed by atoms with Gasteiger partial charge in [-0.15, -0.1) is 0 Å². The number of nitrogens with zero attached hydrogens (tertiary/aromatic N) is 1. The lowest BCUT2D eigenvalue weighted by Gasteiger charge is -2.16. The Balaban J connectivity index is 2.06. The molecule has 0 aliphatic rings. The summed E-state index contributed by atoms with van der Waals surface area (Å²) in [5.41, 5.74) is 1.08. The number of likely N-dealkylation sites (N-methyl/N-ethyl adjacent to an activating group) is 1. The van der Waals surface area contributed by atoms with Gasteiger partial charge in [0.15, 0.2) is 0 Å². The van der Waals surface area contributed by atoms with Gasteiger partial charge in [-0.25, -0.2) is 0 Å². The summed E-state index contributed by atoms with van der Waals surface area (Å²) in [6, 6.07) is 14.8. The summed E-state index contributed by atoms with van der Waals surface area (Å²) in [6.45, 7) is 0. The molecule has 2 rings (SSSR count). The van der Waals surface area contributed by atoms with Gasteiger partial charge < -0.3 is 15.3 Å². The van der Waals surface area contributed by atoms with Crippen LogP contribution in [0.3, 0.4) is 0 Å². The molecule has 0 spiro atoms. The van der Waals surface area contributed by atoms with E-state index in [0.29, 0.717) is 11.4 Å². The highest BCUT2D eigenvalue weighted by Gasteiger charge is 2.19. The largest absolute Gasteiger partial charge is 0.508 e. The summed E-state index contributed by atoms with van der Waals surface area (Å²) < 4.78 is 0. The summed E-state index contributed by atoms with van der Waals surface area (Å²) >= 11 is 0. The Bertz CT molecular complexity index is 609. The zero-order valence-electron chi connectivity index (χ0n) is 10.9. The zero-order chi connectivity index (χ0) is 14.5. The molecule has 2 aromatic carbocycles. The highest BCUT2D eigenvalue weighted by atomic mass is 16.3. The molecule has 0 bridgehead atoms. The van der Waals surface area contributed by atoms with Crippen LogP contribution in [0.4, 0.5) is 11.4 Å². The van der Waals surface area contributed by atoms with Gasteiger partial charge in [0.2, 0.25) is 0 Å². The molecule has 0 radical (unpaired) electrons. The summed E-state index contributed by atoms with van der Waals surface area (Å²) in [5.74, 6) is -1.30. The molecule has 0 heterocycles. The van der Waals surface area contributed by atoms with Gasteiger partial charge in [0.25, 0.3) is 0 Å². The lowest BCUT2D eigenvalue weighted by atomic mass is 10.2. The van der Waals surface area contributed by atoms with Crippen molar-refractivity contribution in [2.24, 2.45) is 0 Å². The quantitative estimate of drug-likeness (QED) is 0.820. The molecule has 20 heavy (non-hydrogen) atoms. The monoisotopic (exact) mass is 270 g/mol. The van der Waals surface area contributed by atoms with Gasteiger partial charge in [0.05, 0.1) is 0 Å². The number of rotatable bonds is 2. The Kier molecular flexibility index (Phi) is 4.00. The van der Waals surface area contributed by atoms with E-state index in [0.717, 1.165) is 0 Å². The first-order chi connectivity index (χ1) is 9.58. The standard InChI is InChI=1S/C15H14N2O3/c1-17(12-7-9-13(18)10-8-12)15(20)14(19)16-11-5-3-2-4-6-11/h2-10,18H,1H3,(H,16,19). The van der Waals surface area contributed by atoms with Crippen molar-refractivity contribution in [3.8, 4) is 5.75 Å². The molecule has 0 fully saturated rings. The van der Waals surface area contributed by atoms with Crippen LogP contribution in [0.2, 0.25) is 0 Å². The van der Waals surface area contributed by atoms with Gasteiger partial charge in [0, 0.05) is 18.4 Å². The van der Waals surface area contributed by atoms with Gasteiger partial charge in [0.1, 0.15) is 5.75 Å². The van der Waals surface area contributed by atoms with Crippen LogP contribution < -0.4 is 10.2 Å². The van der Waals surface area contributed by atoms with E-state index in [-0.39, 0.29) is 5.75 Å². The van der Waals surface area contributed by atoms with E-state index in [1.165, 1.54) is 24.1 Å².